The number of aromatic nitrogens is 3. The Bertz CT molecular complexity index is 984. The number of carbonyl (C=O) groups is 1. The number of nitrogens with zero attached hydrogens (tertiary/aromatic N) is 3. The fourth-order valence-corrected chi connectivity index (χ4v) is 3.44. The van der Waals surface area contributed by atoms with E-state index in [-0.39, 0.29) is 18.2 Å². The molecule has 0 unspecified atom stereocenters. The largest absolute Gasteiger partial charge is 0.351 e. The van der Waals surface area contributed by atoms with E-state index < -0.39 is 9.84 Å². The molecule has 0 radical (unpaired) electrons. The molecule has 7 nitrogen and oxygen atoms in total. The highest BCUT2D eigenvalue weighted by atomic mass is 32.2. The number of hydrogen-bond donors (Lipinski definition) is 1. The number of nitrogens with one attached hydrogen (secondary N) is 1. The van der Waals surface area contributed by atoms with E-state index in [1.54, 1.807) is 18.5 Å². The van der Waals surface area contributed by atoms with Gasteiger partial charge >= 0.3 is 0 Å². The van der Waals surface area contributed by atoms with E-state index in [0.717, 1.165) is 21.5 Å². The fraction of sp³-hybridized carbons (Fsp3) is 0.200. The molecule has 0 aliphatic heterocycles. The maximum absolute atomic E-state index is 12.1. The average molecular weight is 362 g/mol. The fourth-order valence-electron chi connectivity index (χ4n) is 2.01. The van der Waals surface area contributed by atoms with Crippen LogP contribution in [0.3, 0.4) is 0 Å². The maximum Gasteiger partial charge on any atom is 0.252 e. The molecule has 9 heteroatoms. The molecular formula is C15H14N4O3S2. The van der Waals surface area contributed by atoms with Crippen molar-refractivity contribution < 1.29 is 13.2 Å². The first-order chi connectivity index (χ1) is 11.4. The van der Waals surface area contributed by atoms with Gasteiger partial charge in [-0.3, -0.25) is 9.78 Å². The molecule has 3 rings (SSSR count). The molecular weight excluding hydrogens is 348 g/mol. The molecule has 1 amide bonds. The van der Waals surface area contributed by atoms with Gasteiger partial charge in [0.25, 0.3) is 5.91 Å². The zero-order valence-electron chi connectivity index (χ0n) is 12.8. The third-order valence-corrected chi connectivity index (χ3v) is 5.16. The van der Waals surface area contributed by atoms with Crippen LogP contribution in [0.15, 0.2) is 36.8 Å². The highest BCUT2D eigenvalue weighted by Crippen LogP contribution is 2.28. The summed E-state index contributed by atoms with van der Waals surface area (Å²) in [4.78, 5) is 24.8. The Hall–Kier alpha value is -2.39. The van der Waals surface area contributed by atoms with E-state index in [1.165, 1.54) is 17.5 Å². The van der Waals surface area contributed by atoms with Gasteiger partial charge in [0.15, 0.2) is 5.65 Å². The second-order valence-electron chi connectivity index (χ2n) is 5.19. The molecule has 0 bridgehead atoms. The van der Waals surface area contributed by atoms with Crippen molar-refractivity contribution >= 4 is 37.4 Å². The smallest absolute Gasteiger partial charge is 0.252 e. The number of carbonyl (C=O) groups excluding carboxylic acids is 1. The van der Waals surface area contributed by atoms with Gasteiger partial charge in [-0.1, -0.05) is 0 Å². The van der Waals surface area contributed by atoms with Gasteiger partial charge in [0, 0.05) is 37.0 Å². The van der Waals surface area contributed by atoms with Crippen molar-refractivity contribution in [1.82, 2.24) is 20.3 Å². The van der Waals surface area contributed by atoms with Crippen molar-refractivity contribution in [3.8, 4) is 10.6 Å². The van der Waals surface area contributed by atoms with Crippen LogP contribution in [-0.2, 0) is 9.84 Å². The van der Waals surface area contributed by atoms with E-state index in [2.05, 4.69) is 20.3 Å². The number of rotatable bonds is 5. The summed E-state index contributed by atoms with van der Waals surface area (Å²) >= 11 is 1.42. The van der Waals surface area contributed by atoms with E-state index in [0.29, 0.717) is 11.2 Å². The zero-order valence-corrected chi connectivity index (χ0v) is 14.4. The predicted molar refractivity (Wildman–Crippen MR) is 92.7 cm³/mol. The van der Waals surface area contributed by atoms with Crippen LogP contribution in [-0.4, -0.2) is 47.8 Å². The summed E-state index contributed by atoms with van der Waals surface area (Å²) < 4.78 is 23.0. The van der Waals surface area contributed by atoms with Gasteiger partial charge in [-0.05, 0) is 18.2 Å². The Balaban J connectivity index is 1.80. The molecule has 0 aliphatic carbocycles. The Morgan fingerprint density at radius 2 is 2.17 bits per heavy atom. The van der Waals surface area contributed by atoms with Crippen molar-refractivity contribution in [2.24, 2.45) is 0 Å². The average Bonchev–Trinajstić information content (AvgIpc) is 2.97. The lowest BCUT2D eigenvalue weighted by atomic mass is 10.2. The number of sulfone groups is 1. The van der Waals surface area contributed by atoms with Gasteiger partial charge in [0.1, 0.15) is 14.8 Å². The second-order valence-corrected chi connectivity index (χ2v) is 8.48. The van der Waals surface area contributed by atoms with Gasteiger partial charge in [-0.2, -0.15) is 0 Å². The number of amides is 1. The van der Waals surface area contributed by atoms with Crippen LogP contribution < -0.4 is 5.32 Å². The minimum Gasteiger partial charge on any atom is -0.351 e. The van der Waals surface area contributed by atoms with Crippen LogP contribution in [0.1, 0.15) is 10.4 Å². The van der Waals surface area contributed by atoms with Crippen LogP contribution in [0, 0.1) is 0 Å². The molecule has 124 valence electrons. The van der Waals surface area contributed by atoms with Crippen molar-refractivity contribution in [3.63, 3.8) is 0 Å². The summed E-state index contributed by atoms with van der Waals surface area (Å²) in [7, 11) is -3.11. The summed E-state index contributed by atoms with van der Waals surface area (Å²) in [6.07, 6.45) is 5.97. The van der Waals surface area contributed by atoms with E-state index >= 15 is 0 Å². The molecule has 3 aromatic heterocycles. The topological polar surface area (TPSA) is 102 Å². The molecule has 0 spiro atoms. The number of thiazole rings is 1. The van der Waals surface area contributed by atoms with Crippen molar-refractivity contribution in [1.29, 1.82) is 0 Å². The summed E-state index contributed by atoms with van der Waals surface area (Å²) in [6, 6.07) is 5.44. The van der Waals surface area contributed by atoms with Crippen LogP contribution in [0.2, 0.25) is 0 Å². The summed E-state index contributed by atoms with van der Waals surface area (Å²) in [5.41, 5.74) is 1.82. The minimum absolute atomic E-state index is 0.0688. The van der Waals surface area contributed by atoms with Gasteiger partial charge < -0.3 is 5.32 Å². The van der Waals surface area contributed by atoms with Gasteiger partial charge in [-0.15, -0.1) is 11.3 Å². The molecule has 0 fully saturated rings. The molecule has 24 heavy (non-hydrogen) atoms. The summed E-state index contributed by atoms with van der Waals surface area (Å²) in [6.45, 7) is 0.0688. The molecule has 3 aromatic rings. The first-order valence-electron chi connectivity index (χ1n) is 7.05. The molecule has 0 aromatic carbocycles. The Kier molecular flexibility index (Phi) is 4.54. The van der Waals surface area contributed by atoms with Crippen LogP contribution in [0.25, 0.3) is 20.9 Å². The van der Waals surface area contributed by atoms with Crippen molar-refractivity contribution in [3.05, 3.63) is 42.4 Å². The standard InChI is InChI=1S/C15H14N4O3S2/c1-24(21,22)6-5-17-14(20)11-7-12-13(18-9-11)19-15(23-12)10-3-2-4-16-8-10/h2-4,7-9H,5-6H2,1H3,(H,17,20). The zero-order chi connectivity index (χ0) is 17.2. The second kappa shape index (κ2) is 6.62. The molecule has 0 saturated heterocycles. The summed E-state index contributed by atoms with van der Waals surface area (Å²) in [5.74, 6) is -0.454. The Labute approximate surface area is 142 Å². The van der Waals surface area contributed by atoms with Crippen molar-refractivity contribution in [2.45, 2.75) is 0 Å². The lowest BCUT2D eigenvalue weighted by Gasteiger charge is -2.03. The molecule has 0 atom stereocenters. The lowest BCUT2D eigenvalue weighted by Crippen LogP contribution is -2.28. The monoisotopic (exact) mass is 362 g/mol. The van der Waals surface area contributed by atoms with Gasteiger partial charge in [0.2, 0.25) is 0 Å². The predicted octanol–water partition coefficient (Wildman–Crippen LogP) is 1.53. The highest BCUT2D eigenvalue weighted by Gasteiger charge is 2.12. The Morgan fingerprint density at radius 3 is 2.88 bits per heavy atom. The highest BCUT2D eigenvalue weighted by molar-refractivity contribution is 7.90. The van der Waals surface area contributed by atoms with E-state index in [9.17, 15) is 13.2 Å². The van der Waals surface area contributed by atoms with Gasteiger partial charge in [-0.25, -0.2) is 18.4 Å². The van der Waals surface area contributed by atoms with Crippen LogP contribution in [0.5, 0.6) is 0 Å². The first kappa shape index (κ1) is 16.5. The minimum atomic E-state index is -3.11. The van der Waals surface area contributed by atoms with Crippen molar-refractivity contribution in [2.75, 3.05) is 18.6 Å². The third-order valence-electron chi connectivity index (χ3n) is 3.18. The lowest BCUT2D eigenvalue weighted by molar-refractivity contribution is 0.0956. The van der Waals surface area contributed by atoms with E-state index in [1.807, 2.05) is 12.1 Å². The maximum atomic E-state index is 12.1. The van der Waals surface area contributed by atoms with Crippen LogP contribution in [0.4, 0.5) is 0 Å². The van der Waals surface area contributed by atoms with Gasteiger partial charge in [0.05, 0.1) is 16.0 Å². The number of hydrogen-bond acceptors (Lipinski definition) is 7. The van der Waals surface area contributed by atoms with E-state index in [4.69, 9.17) is 0 Å². The third kappa shape index (κ3) is 3.92. The van der Waals surface area contributed by atoms with Crippen LogP contribution >= 0.6 is 11.3 Å². The SMILES string of the molecule is CS(=O)(=O)CCNC(=O)c1cnc2nc(-c3cccnc3)sc2c1. The Morgan fingerprint density at radius 1 is 1.33 bits per heavy atom. The normalized spacial score (nSPS) is 11.5. The first-order valence-corrected chi connectivity index (χ1v) is 9.93. The quantitative estimate of drug-likeness (QED) is 0.738. The molecule has 0 saturated carbocycles. The molecule has 0 aliphatic rings. The summed E-state index contributed by atoms with van der Waals surface area (Å²) in [5, 5.41) is 3.35. The number of fused-ring (bicyclic) bond motifs is 1. The molecule has 1 N–H and O–H groups in total. The number of pyridine rings is 2. The molecule has 3 heterocycles.